The van der Waals surface area contributed by atoms with Gasteiger partial charge in [-0.05, 0) is 31.2 Å². The van der Waals surface area contributed by atoms with Gasteiger partial charge >= 0.3 is 6.03 Å². The third kappa shape index (κ3) is 3.01. The summed E-state index contributed by atoms with van der Waals surface area (Å²) in [4.78, 5) is 37.2. The lowest BCUT2D eigenvalue weighted by molar-refractivity contribution is -0.131. The zero-order valence-corrected chi connectivity index (χ0v) is 14.5. The van der Waals surface area contributed by atoms with Crippen molar-refractivity contribution in [2.45, 2.75) is 19.0 Å². The molecule has 6 nitrogen and oxygen atoms in total. The van der Waals surface area contributed by atoms with E-state index >= 15 is 0 Å². The van der Waals surface area contributed by atoms with Gasteiger partial charge in [0, 0.05) is 21.8 Å². The normalized spacial score (nSPS) is 19.4. The smallest absolute Gasteiger partial charge is 0.325 e. The maximum Gasteiger partial charge on any atom is 0.325 e. The average Bonchev–Trinajstić information content (AvgIpc) is 2.82. The van der Waals surface area contributed by atoms with Gasteiger partial charge in [0.1, 0.15) is 11.4 Å². The van der Waals surface area contributed by atoms with E-state index < -0.39 is 23.3 Å². The van der Waals surface area contributed by atoms with Crippen molar-refractivity contribution in [2.75, 3.05) is 5.32 Å². The number of nitrogens with one attached hydrogen (secondary N) is 2. The lowest BCUT2D eigenvalue weighted by Crippen LogP contribution is -2.41. The van der Waals surface area contributed by atoms with Gasteiger partial charge in [0.05, 0.1) is 6.54 Å². The van der Waals surface area contributed by atoms with Crippen LogP contribution in [0.4, 0.5) is 14.9 Å². The second-order valence-electron chi connectivity index (χ2n) is 5.99. The fourth-order valence-corrected chi connectivity index (χ4v) is 3.11. The molecule has 8 heteroatoms. The first kappa shape index (κ1) is 17.9. The van der Waals surface area contributed by atoms with Gasteiger partial charge in [0.25, 0.3) is 5.91 Å². The third-order valence-corrected chi connectivity index (χ3v) is 4.53. The van der Waals surface area contributed by atoms with E-state index in [2.05, 4.69) is 10.6 Å². The topological polar surface area (TPSA) is 78.5 Å². The molecule has 0 aromatic heterocycles. The molecule has 1 saturated heterocycles. The molecule has 134 valence electrons. The molecule has 0 aliphatic carbocycles. The molecule has 1 atom stereocenters. The largest absolute Gasteiger partial charge is 0.328 e. The number of nitrogens with zero attached hydrogens (tertiary/aromatic N) is 1. The van der Waals surface area contributed by atoms with Crippen molar-refractivity contribution in [3.63, 3.8) is 0 Å². The first-order valence-electron chi connectivity index (χ1n) is 7.74. The molecule has 0 radical (unpaired) electrons. The minimum atomic E-state index is -1.45. The quantitative estimate of drug-likeness (QED) is 0.623. The Labute approximate surface area is 153 Å². The van der Waals surface area contributed by atoms with Crippen LogP contribution in [0.1, 0.15) is 18.1 Å². The number of amides is 4. The van der Waals surface area contributed by atoms with E-state index in [9.17, 15) is 18.8 Å². The number of urea groups is 1. The number of rotatable bonds is 5. The van der Waals surface area contributed by atoms with E-state index in [1.54, 1.807) is 12.1 Å². The van der Waals surface area contributed by atoms with E-state index in [-0.39, 0.29) is 12.1 Å². The number of imide groups is 1. The molecular formula is C18H15ClFN3O3. The van der Waals surface area contributed by atoms with Gasteiger partial charge in [-0.1, -0.05) is 29.8 Å². The van der Waals surface area contributed by atoms with Crippen LogP contribution in [0.2, 0.25) is 5.02 Å². The Morgan fingerprint density at radius 2 is 2.00 bits per heavy atom. The summed E-state index contributed by atoms with van der Waals surface area (Å²) >= 11 is 6.03. The highest BCUT2D eigenvalue weighted by Crippen LogP contribution is 2.36. The van der Waals surface area contributed by atoms with E-state index in [1.165, 1.54) is 37.3 Å². The minimum absolute atomic E-state index is 0.204. The van der Waals surface area contributed by atoms with Crippen LogP contribution in [0.3, 0.4) is 0 Å². The van der Waals surface area contributed by atoms with E-state index in [4.69, 9.17) is 11.6 Å². The van der Waals surface area contributed by atoms with Crippen molar-refractivity contribution in [1.29, 1.82) is 0 Å². The Morgan fingerprint density at radius 3 is 2.69 bits per heavy atom. The second-order valence-corrected chi connectivity index (χ2v) is 6.43. The number of carbonyl (C=O) groups is 3. The minimum Gasteiger partial charge on any atom is -0.328 e. The Balaban J connectivity index is 1.99. The average molecular weight is 376 g/mol. The predicted octanol–water partition coefficient (Wildman–Crippen LogP) is 3.01. The summed E-state index contributed by atoms with van der Waals surface area (Å²) < 4.78 is 13.9. The van der Waals surface area contributed by atoms with E-state index in [0.29, 0.717) is 22.7 Å². The summed E-state index contributed by atoms with van der Waals surface area (Å²) in [5, 5.41) is 5.45. The Bertz CT molecular complexity index is 905. The fourth-order valence-electron chi connectivity index (χ4n) is 2.94. The molecule has 2 N–H and O–H groups in total. The highest BCUT2D eigenvalue weighted by atomic mass is 35.5. The molecule has 0 spiro atoms. The van der Waals surface area contributed by atoms with Crippen LogP contribution in [-0.4, -0.2) is 23.2 Å². The summed E-state index contributed by atoms with van der Waals surface area (Å²) in [7, 11) is 0. The third-order valence-electron chi connectivity index (χ3n) is 4.30. The lowest BCUT2D eigenvalue weighted by atomic mass is 9.90. The van der Waals surface area contributed by atoms with Gasteiger partial charge in [-0.2, -0.15) is 0 Å². The molecule has 2 aromatic carbocycles. The second kappa shape index (κ2) is 6.76. The van der Waals surface area contributed by atoms with Crippen molar-refractivity contribution >= 4 is 35.6 Å². The Hall–Kier alpha value is -2.93. The van der Waals surface area contributed by atoms with Crippen LogP contribution in [0, 0.1) is 5.82 Å². The first-order chi connectivity index (χ1) is 12.4. The molecule has 2 aromatic rings. The van der Waals surface area contributed by atoms with Crippen LogP contribution in [-0.2, 0) is 21.7 Å². The summed E-state index contributed by atoms with van der Waals surface area (Å²) in [5.74, 6) is -1.07. The molecule has 1 aliphatic rings. The van der Waals surface area contributed by atoms with Crippen LogP contribution in [0.5, 0.6) is 0 Å². The van der Waals surface area contributed by atoms with Crippen LogP contribution >= 0.6 is 11.6 Å². The monoisotopic (exact) mass is 375 g/mol. The maximum atomic E-state index is 13.9. The van der Waals surface area contributed by atoms with Gasteiger partial charge in [-0.15, -0.1) is 0 Å². The first-order valence-corrected chi connectivity index (χ1v) is 8.12. The molecule has 3 rings (SSSR count). The lowest BCUT2D eigenvalue weighted by Gasteiger charge is -2.25. The number of anilines is 1. The standard InChI is InChI=1S/C18H15ClFN3O3/c1-18(13-8-12(19)6-7-15(13)21-10-24)16(25)23(17(26)22-18)9-11-4-2-3-5-14(11)20/h2-8,10H,9H2,1H3,(H,21,24)(H,22,26). The molecule has 26 heavy (non-hydrogen) atoms. The molecule has 0 bridgehead atoms. The zero-order valence-electron chi connectivity index (χ0n) is 13.8. The van der Waals surface area contributed by atoms with Gasteiger partial charge < -0.3 is 10.6 Å². The summed E-state index contributed by atoms with van der Waals surface area (Å²) in [6.07, 6.45) is 0.467. The number of hydrogen-bond donors (Lipinski definition) is 2. The molecular weight excluding hydrogens is 361 g/mol. The molecule has 1 aliphatic heterocycles. The van der Waals surface area contributed by atoms with Gasteiger partial charge in [0.2, 0.25) is 6.41 Å². The summed E-state index contributed by atoms with van der Waals surface area (Å²) in [5.41, 5.74) is -0.546. The summed E-state index contributed by atoms with van der Waals surface area (Å²) in [6, 6.07) is 9.85. The maximum absolute atomic E-state index is 13.9. The molecule has 4 amide bonds. The van der Waals surface area contributed by atoms with Gasteiger partial charge in [-0.25, -0.2) is 9.18 Å². The predicted molar refractivity (Wildman–Crippen MR) is 94.0 cm³/mol. The number of carbonyl (C=O) groups excluding carboxylic acids is 3. The number of benzene rings is 2. The highest BCUT2D eigenvalue weighted by Gasteiger charge is 2.50. The zero-order chi connectivity index (χ0) is 18.9. The van der Waals surface area contributed by atoms with Crippen molar-refractivity contribution < 1.29 is 18.8 Å². The Morgan fingerprint density at radius 1 is 1.27 bits per heavy atom. The molecule has 0 saturated carbocycles. The number of halogens is 2. The van der Waals surface area contributed by atoms with Crippen LogP contribution in [0.25, 0.3) is 0 Å². The van der Waals surface area contributed by atoms with Crippen molar-refractivity contribution in [2.24, 2.45) is 0 Å². The molecule has 1 fully saturated rings. The Kier molecular flexibility index (Phi) is 4.65. The molecule has 1 heterocycles. The SMILES string of the molecule is CC1(c2cc(Cl)ccc2NC=O)NC(=O)N(Cc2ccccc2F)C1=O. The highest BCUT2D eigenvalue weighted by molar-refractivity contribution is 6.30. The van der Waals surface area contributed by atoms with Crippen LogP contribution < -0.4 is 10.6 Å². The van der Waals surface area contributed by atoms with Crippen molar-refractivity contribution in [3.05, 3.63) is 64.4 Å². The summed E-state index contributed by atoms with van der Waals surface area (Å²) in [6.45, 7) is 1.31. The van der Waals surface area contributed by atoms with E-state index in [1.807, 2.05) is 0 Å². The van der Waals surface area contributed by atoms with Crippen molar-refractivity contribution in [1.82, 2.24) is 10.2 Å². The van der Waals surface area contributed by atoms with Crippen LogP contribution in [0.15, 0.2) is 42.5 Å². The molecule has 1 unspecified atom stereocenters. The van der Waals surface area contributed by atoms with Crippen molar-refractivity contribution in [3.8, 4) is 0 Å². The van der Waals surface area contributed by atoms with Gasteiger partial charge in [0.15, 0.2) is 0 Å². The number of hydrogen-bond acceptors (Lipinski definition) is 3. The van der Waals surface area contributed by atoms with Gasteiger partial charge in [-0.3, -0.25) is 14.5 Å². The van der Waals surface area contributed by atoms with E-state index in [0.717, 1.165) is 4.90 Å². The fraction of sp³-hybridized carbons (Fsp3) is 0.167.